The quantitative estimate of drug-likeness (QED) is 0.866. The maximum atomic E-state index is 5.63. The van der Waals surface area contributed by atoms with Crippen LogP contribution in [0.5, 0.6) is 0 Å². The highest BCUT2D eigenvalue weighted by atomic mass is 79.9. The van der Waals surface area contributed by atoms with Crippen LogP contribution in [0.2, 0.25) is 0 Å². The van der Waals surface area contributed by atoms with E-state index in [2.05, 4.69) is 48.0 Å². The van der Waals surface area contributed by atoms with Gasteiger partial charge in [-0.25, -0.2) is 0 Å². The van der Waals surface area contributed by atoms with Crippen LogP contribution in [0.1, 0.15) is 30.9 Å². The minimum absolute atomic E-state index is 0.447. The Hall–Kier alpha value is -0.340. The summed E-state index contributed by atoms with van der Waals surface area (Å²) in [6.45, 7) is 5.03. The molecule has 0 aliphatic carbocycles. The Balaban J connectivity index is 3.01. The Morgan fingerprint density at radius 1 is 1.38 bits per heavy atom. The SMILES string of the molecule is CCc1cc(Br)cc(C(C)CN)c1. The van der Waals surface area contributed by atoms with Crippen molar-refractivity contribution in [2.45, 2.75) is 26.2 Å². The number of rotatable bonds is 3. The molecular weight excluding hydrogens is 226 g/mol. The summed E-state index contributed by atoms with van der Waals surface area (Å²) in [7, 11) is 0. The lowest BCUT2D eigenvalue weighted by Crippen LogP contribution is -2.09. The first-order valence-corrected chi connectivity index (χ1v) is 5.46. The summed E-state index contributed by atoms with van der Waals surface area (Å²) < 4.78 is 1.15. The van der Waals surface area contributed by atoms with E-state index in [0.717, 1.165) is 10.9 Å². The average molecular weight is 242 g/mol. The highest BCUT2D eigenvalue weighted by Gasteiger charge is 2.04. The molecule has 1 unspecified atom stereocenters. The van der Waals surface area contributed by atoms with Crippen molar-refractivity contribution in [1.82, 2.24) is 0 Å². The summed E-state index contributed by atoms with van der Waals surface area (Å²) in [5.74, 6) is 0.447. The molecule has 72 valence electrons. The molecule has 0 aliphatic rings. The monoisotopic (exact) mass is 241 g/mol. The number of hydrogen-bond donors (Lipinski definition) is 1. The van der Waals surface area contributed by atoms with Crippen molar-refractivity contribution >= 4 is 15.9 Å². The van der Waals surface area contributed by atoms with Gasteiger partial charge in [0.2, 0.25) is 0 Å². The number of aryl methyl sites for hydroxylation is 1. The Morgan fingerprint density at radius 2 is 2.08 bits per heavy atom. The molecule has 0 bridgehead atoms. The van der Waals surface area contributed by atoms with Gasteiger partial charge in [0.05, 0.1) is 0 Å². The standard InChI is InChI=1S/C11H16BrN/c1-3-9-4-10(8(2)7-13)6-11(12)5-9/h4-6,8H,3,7,13H2,1-2H3. The molecule has 2 N–H and O–H groups in total. The van der Waals surface area contributed by atoms with E-state index in [0.29, 0.717) is 12.5 Å². The van der Waals surface area contributed by atoms with E-state index in [1.54, 1.807) is 0 Å². The smallest absolute Gasteiger partial charge is 0.0180 e. The first-order chi connectivity index (χ1) is 6.17. The highest BCUT2D eigenvalue weighted by Crippen LogP contribution is 2.21. The van der Waals surface area contributed by atoms with Crippen molar-refractivity contribution in [3.8, 4) is 0 Å². The molecule has 0 heterocycles. The topological polar surface area (TPSA) is 26.0 Å². The Kier molecular flexibility index (Phi) is 3.94. The molecule has 0 saturated carbocycles. The summed E-state index contributed by atoms with van der Waals surface area (Å²) in [6.07, 6.45) is 1.07. The third-order valence-corrected chi connectivity index (χ3v) is 2.77. The van der Waals surface area contributed by atoms with Crippen LogP contribution in [-0.2, 0) is 6.42 Å². The zero-order valence-electron chi connectivity index (χ0n) is 8.18. The minimum Gasteiger partial charge on any atom is -0.330 e. The van der Waals surface area contributed by atoms with Crippen LogP contribution in [0.4, 0.5) is 0 Å². The van der Waals surface area contributed by atoms with Crippen LogP contribution in [-0.4, -0.2) is 6.54 Å². The molecule has 1 rings (SSSR count). The summed E-state index contributed by atoms with van der Waals surface area (Å²) in [6, 6.07) is 6.55. The van der Waals surface area contributed by atoms with Crippen molar-refractivity contribution < 1.29 is 0 Å². The molecule has 0 amide bonds. The molecule has 0 saturated heterocycles. The molecule has 1 aromatic rings. The third kappa shape index (κ3) is 2.82. The molecule has 1 aromatic carbocycles. The van der Waals surface area contributed by atoms with E-state index >= 15 is 0 Å². The van der Waals surface area contributed by atoms with Gasteiger partial charge in [0.1, 0.15) is 0 Å². The minimum atomic E-state index is 0.447. The molecule has 0 aromatic heterocycles. The van der Waals surface area contributed by atoms with E-state index in [1.807, 2.05) is 0 Å². The molecule has 0 fully saturated rings. The van der Waals surface area contributed by atoms with Gasteiger partial charge in [-0.15, -0.1) is 0 Å². The predicted molar refractivity (Wildman–Crippen MR) is 61.0 cm³/mol. The summed E-state index contributed by atoms with van der Waals surface area (Å²) in [5, 5.41) is 0. The molecule has 1 atom stereocenters. The summed E-state index contributed by atoms with van der Waals surface area (Å²) >= 11 is 3.51. The summed E-state index contributed by atoms with van der Waals surface area (Å²) in [4.78, 5) is 0. The van der Waals surface area contributed by atoms with Crippen molar-refractivity contribution in [2.75, 3.05) is 6.54 Å². The highest BCUT2D eigenvalue weighted by molar-refractivity contribution is 9.10. The van der Waals surface area contributed by atoms with Crippen LogP contribution < -0.4 is 5.73 Å². The van der Waals surface area contributed by atoms with E-state index in [4.69, 9.17) is 5.73 Å². The van der Waals surface area contributed by atoms with Crippen molar-refractivity contribution in [2.24, 2.45) is 5.73 Å². The fraction of sp³-hybridized carbons (Fsp3) is 0.455. The van der Waals surface area contributed by atoms with Gasteiger partial charge in [0.25, 0.3) is 0 Å². The molecule has 1 nitrogen and oxygen atoms in total. The first kappa shape index (κ1) is 10.7. The zero-order chi connectivity index (χ0) is 9.84. The summed E-state index contributed by atoms with van der Waals surface area (Å²) in [5.41, 5.74) is 8.32. The van der Waals surface area contributed by atoms with Crippen LogP contribution in [0, 0.1) is 0 Å². The molecule has 0 radical (unpaired) electrons. The van der Waals surface area contributed by atoms with Gasteiger partial charge in [-0.05, 0) is 42.1 Å². The molecule has 0 aliphatic heterocycles. The van der Waals surface area contributed by atoms with Crippen LogP contribution >= 0.6 is 15.9 Å². The lowest BCUT2D eigenvalue weighted by molar-refractivity contribution is 0.771. The maximum absolute atomic E-state index is 5.63. The Labute approximate surface area is 88.5 Å². The second-order valence-electron chi connectivity index (χ2n) is 3.38. The molecular formula is C11H16BrN. The second kappa shape index (κ2) is 4.77. The fourth-order valence-corrected chi connectivity index (χ4v) is 1.86. The van der Waals surface area contributed by atoms with Crippen molar-refractivity contribution in [3.05, 3.63) is 33.8 Å². The van der Waals surface area contributed by atoms with Gasteiger partial charge in [-0.3, -0.25) is 0 Å². The van der Waals surface area contributed by atoms with Gasteiger partial charge in [0, 0.05) is 4.47 Å². The lowest BCUT2D eigenvalue weighted by atomic mass is 9.98. The Bertz CT molecular complexity index is 283. The van der Waals surface area contributed by atoms with Gasteiger partial charge >= 0.3 is 0 Å². The van der Waals surface area contributed by atoms with Crippen molar-refractivity contribution in [1.29, 1.82) is 0 Å². The number of halogens is 1. The lowest BCUT2D eigenvalue weighted by Gasteiger charge is -2.11. The molecule has 2 heteroatoms. The fourth-order valence-electron chi connectivity index (χ4n) is 1.30. The van der Waals surface area contributed by atoms with Crippen LogP contribution in [0.25, 0.3) is 0 Å². The average Bonchev–Trinajstić information content (AvgIpc) is 2.15. The van der Waals surface area contributed by atoms with Gasteiger partial charge in [-0.1, -0.05) is 35.8 Å². The van der Waals surface area contributed by atoms with Gasteiger partial charge in [-0.2, -0.15) is 0 Å². The van der Waals surface area contributed by atoms with Gasteiger partial charge in [0.15, 0.2) is 0 Å². The molecule has 13 heavy (non-hydrogen) atoms. The van der Waals surface area contributed by atoms with E-state index < -0.39 is 0 Å². The normalized spacial score (nSPS) is 12.9. The number of hydrogen-bond acceptors (Lipinski definition) is 1. The Morgan fingerprint density at radius 3 is 2.62 bits per heavy atom. The van der Waals surface area contributed by atoms with Crippen LogP contribution in [0.15, 0.2) is 22.7 Å². The number of benzene rings is 1. The van der Waals surface area contributed by atoms with Crippen molar-refractivity contribution in [3.63, 3.8) is 0 Å². The number of nitrogens with two attached hydrogens (primary N) is 1. The van der Waals surface area contributed by atoms with E-state index in [-0.39, 0.29) is 0 Å². The second-order valence-corrected chi connectivity index (χ2v) is 4.30. The van der Waals surface area contributed by atoms with E-state index in [9.17, 15) is 0 Å². The largest absolute Gasteiger partial charge is 0.330 e. The van der Waals surface area contributed by atoms with Gasteiger partial charge < -0.3 is 5.73 Å². The maximum Gasteiger partial charge on any atom is 0.0180 e. The van der Waals surface area contributed by atoms with Crippen LogP contribution in [0.3, 0.4) is 0 Å². The third-order valence-electron chi connectivity index (χ3n) is 2.31. The zero-order valence-corrected chi connectivity index (χ0v) is 9.76. The first-order valence-electron chi connectivity index (χ1n) is 4.66. The predicted octanol–water partition coefficient (Wildman–Crippen LogP) is 3.07. The van der Waals surface area contributed by atoms with E-state index in [1.165, 1.54) is 11.1 Å². The molecule has 0 spiro atoms.